The summed E-state index contributed by atoms with van der Waals surface area (Å²) in [6.07, 6.45) is 4.76. The summed E-state index contributed by atoms with van der Waals surface area (Å²) in [5.41, 5.74) is 2.39. The third-order valence-corrected chi connectivity index (χ3v) is 14.9. The van der Waals surface area contributed by atoms with Gasteiger partial charge in [-0.15, -0.1) is 0 Å². The molecule has 3 heterocycles. The SMILES string of the molecule is COc1ccc([Si](C)(C)[C@@H]2[C@@H](CCO)O[C@]3(C(=O)N(Cc4ccccc4)c4ccc(N5CCCCCCC5=O)cc43)[C@H]2C)cc1. The van der Waals surface area contributed by atoms with Crippen LogP contribution in [0.15, 0.2) is 72.8 Å². The summed E-state index contributed by atoms with van der Waals surface area (Å²) in [6, 6.07) is 24.4. The predicted molar refractivity (Wildman–Crippen MR) is 181 cm³/mol. The van der Waals surface area contributed by atoms with Gasteiger partial charge in [-0.05, 0) is 60.7 Å². The number of hydrogen-bond donors (Lipinski definition) is 1. The highest BCUT2D eigenvalue weighted by molar-refractivity contribution is 6.91. The van der Waals surface area contributed by atoms with Crippen LogP contribution in [0.4, 0.5) is 11.4 Å². The van der Waals surface area contributed by atoms with Gasteiger partial charge in [0.1, 0.15) is 5.75 Å². The Kier molecular flexibility index (Phi) is 8.92. The molecule has 0 bridgehead atoms. The molecular formula is C37H46N2O5Si. The first-order valence-electron chi connectivity index (χ1n) is 16.5. The van der Waals surface area contributed by atoms with E-state index in [2.05, 4.69) is 38.2 Å². The molecule has 0 unspecified atom stereocenters. The van der Waals surface area contributed by atoms with Crippen LogP contribution in [0, 0.1) is 5.92 Å². The van der Waals surface area contributed by atoms with Crippen LogP contribution in [0.5, 0.6) is 5.75 Å². The van der Waals surface area contributed by atoms with E-state index < -0.39 is 13.7 Å². The Morgan fingerprint density at radius 1 is 0.978 bits per heavy atom. The molecule has 3 aliphatic rings. The Bertz CT molecular complexity index is 1530. The summed E-state index contributed by atoms with van der Waals surface area (Å²) in [4.78, 5) is 32.1. The minimum Gasteiger partial charge on any atom is -0.497 e. The highest BCUT2D eigenvalue weighted by Gasteiger charge is 2.66. The molecule has 2 fully saturated rings. The first-order valence-corrected chi connectivity index (χ1v) is 19.5. The van der Waals surface area contributed by atoms with E-state index in [1.165, 1.54) is 5.19 Å². The smallest absolute Gasteiger partial charge is 0.264 e. The van der Waals surface area contributed by atoms with Crippen molar-refractivity contribution < 1.29 is 24.2 Å². The van der Waals surface area contributed by atoms with Gasteiger partial charge in [0.25, 0.3) is 5.91 Å². The number of carbonyl (C=O) groups is 2. The number of benzene rings is 3. The minimum atomic E-state index is -2.28. The number of carbonyl (C=O) groups excluding carboxylic acids is 2. The van der Waals surface area contributed by atoms with Gasteiger partial charge in [0.05, 0.1) is 33.5 Å². The van der Waals surface area contributed by atoms with Gasteiger partial charge in [0, 0.05) is 36.7 Å². The molecule has 4 atom stereocenters. The molecule has 1 spiro atoms. The third-order valence-electron chi connectivity index (χ3n) is 10.6. The van der Waals surface area contributed by atoms with Crippen LogP contribution >= 0.6 is 0 Å². The number of amides is 2. The number of hydrogen-bond acceptors (Lipinski definition) is 5. The largest absolute Gasteiger partial charge is 0.497 e. The Morgan fingerprint density at radius 2 is 1.71 bits per heavy atom. The molecule has 0 aliphatic carbocycles. The molecule has 6 rings (SSSR count). The van der Waals surface area contributed by atoms with E-state index >= 15 is 0 Å². The average Bonchev–Trinajstić information content (AvgIpc) is 3.46. The number of aliphatic hydroxyl groups is 1. The molecule has 3 aliphatic heterocycles. The predicted octanol–water partition coefficient (Wildman–Crippen LogP) is 6.14. The molecule has 7 nitrogen and oxygen atoms in total. The van der Waals surface area contributed by atoms with E-state index in [0.717, 1.165) is 53.9 Å². The number of rotatable bonds is 8. The molecular weight excluding hydrogens is 581 g/mol. The maximum absolute atomic E-state index is 15.0. The van der Waals surface area contributed by atoms with E-state index in [4.69, 9.17) is 9.47 Å². The summed E-state index contributed by atoms with van der Waals surface area (Å²) in [6.45, 7) is 7.95. The van der Waals surface area contributed by atoms with Gasteiger partial charge in [0.2, 0.25) is 5.91 Å². The normalized spacial score (nSPS) is 25.4. The standard InChI is InChI=1S/C37H46N2O5Si/c1-26-35(45(3,4)30-18-16-29(43-2)17-19-30)33(21-23-40)44-37(26)31-24-28(38-22-11-6-5-10-14-34(38)41)15-20-32(31)39(36(37)42)25-27-12-8-7-9-13-27/h7-9,12-13,15-20,24,26,33,35,40H,5-6,10-11,14,21-23,25H2,1-4H3/t26-,33+,35-,37+/m0/s1. The molecule has 2 saturated heterocycles. The van der Waals surface area contributed by atoms with Gasteiger partial charge >= 0.3 is 0 Å². The summed E-state index contributed by atoms with van der Waals surface area (Å²) in [5.74, 6) is 0.724. The highest BCUT2D eigenvalue weighted by atomic mass is 28.3. The van der Waals surface area contributed by atoms with E-state index in [-0.39, 0.29) is 36.0 Å². The fraction of sp³-hybridized carbons (Fsp3) is 0.459. The first kappa shape index (κ1) is 31.5. The molecule has 0 radical (unpaired) electrons. The summed E-state index contributed by atoms with van der Waals surface area (Å²) in [5, 5.41) is 11.5. The Labute approximate surface area is 268 Å². The molecule has 3 aromatic rings. The molecule has 0 aromatic heterocycles. The van der Waals surface area contributed by atoms with Crippen LogP contribution in [0.1, 0.15) is 56.6 Å². The fourth-order valence-corrected chi connectivity index (χ4v) is 12.3. The number of anilines is 2. The monoisotopic (exact) mass is 626 g/mol. The Balaban J connectivity index is 1.47. The van der Waals surface area contributed by atoms with Crippen LogP contribution in [0.2, 0.25) is 18.6 Å². The van der Waals surface area contributed by atoms with Gasteiger partial charge < -0.3 is 24.4 Å². The zero-order valence-electron chi connectivity index (χ0n) is 27.0. The average molecular weight is 627 g/mol. The topological polar surface area (TPSA) is 79.3 Å². The second-order valence-electron chi connectivity index (χ2n) is 13.5. The van der Waals surface area contributed by atoms with Crippen molar-refractivity contribution in [3.63, 3.8) is 0 Å². The minimum absolute atomic E-state index is 0.0197. The summed E-state index contributed by atoms with van der Waals surface area (Å²) in [7, 11) is -0.611. The molecule has 8 heteroatoms. The number of fused-ring (bicyclic) bond motifs is 2. The first-order chi connectivity index (χ1) is 21.7. The zero-order chi connectivity index (χ0) is 31.8. The van der Waals surface area contributed by atoms with Gasteiger partial charge in [-0.3, -0.25) is 9.59 Å². The molecule has 45 heavy (non-hydrogen) atoms. The van der Waals surface area contributed by atoms with E-state index in [1.54, 1.807) is 7.11 Å². The van der Waals surface area contributed by atoms with Crippen molar-refractivity contribution in [1.82, 2.24) is 0 Å². The lowest BCUT2D eigenvalue weighted by atomic mass is 9.82. The maximum Gasteiger partial charge on any atom is 0.264 e. The highest BCUT2D eigenvalue weighted by Crippen LogP contribution is 2.60. The van der Waals surface area contributed by atoms with Crippen LogP contribution < -0.4 is 19.7 Å². The second kappa shape index (κ2) is 12.7. The lowest BCUT2D eigenvalue weighted by Gasteiger charge is -2.37. The molecule has 0 saturated carbocycles. The second-order valence-corrected chi connectivity index (χ2v) is 18.1. The molecule has 3 aromatic carbocycles. The van der Waals surface area contributed by atoms with Crippen molar-refractivity contribution in [1.29, 1.82) is 0 Å². The van der Waals surface area contributed by atoms with Crippen molar-refractivity contribution in [3.8, 4) is 5.75 Å². The number of methoxy groups -OCH3 is 1. The number of ether oxygens (including phenoxy) is 2. The van der Waals surface area contributed by atoms with Crippen LogP contribution in [0.25, 0.3) is 0 Å². The van der Waals surface area contributed by atoms with Crippen molar-refractivity contribution in [2.24, 2.45) is 5.92 Å². The Hall–Kier alpha value is -3.46. The Morgan fingerprint density at radius 3 is 2.42 bits per heavy atom. The van der Waals surface area contributed by atoms with Crippen molar-refractivity contribution >= 4 is 36.4 Å². The van der Waals surface area contributed by atoms with Crippen LogP contribution in [0.3, 0.4) is 0 Å². The summed E-state index contributed by atoms with van der Waals surface area (Å²) < 4.78 is 12.5. The van der Waals surface area contributed by atoms with Crippen molar-refractivity contribution in [3.05, 3.63) is 83.9 Å². The number of aliphatic hydroxyl groups excluding tert-OH is 1. The van der Waals surface area contributed by atoms with Crippen LogP contribution in [-0.4, -0.2) is 51.4 Å². The van der Waals surface area contributed by atoms with Gasteiger partial charge in [-0.1, -0.05) is 80.5 Å². The van der Waals surface area contributed by atoms with Crippen molar-refractivity contribution in [2.75, 3.05) is 30.1 Å². The zero-order valence-corrected chi connectivity index (χ0v) is 28.0. The lowest BCUT2D eigenvalue weighted by molar-refractivity contribution is -0.146. The number of nitrogens with zero attached hydrogens (tertiary/aromatic N) is 2. The van der Waals surface area contributed by atoms with E-state index in [1.807, 2.05) is 64.4 Å². The molecule has 238 valence electrons. The van der Waals surface area contributed by atoms with Gasteiger partial charge in [-0.2, -0.15) is 0 Å². The van der Waals surface area contributed by atoms with Gasteiger partial charge in [0.15, 0.2) is 5.60 Å². The maximum atomic E-state index is 15.0. The summed E-state index contributed by atoms with van der Waals surface area (Å²) >= 11 is 0. The third kappa shape index (κ3) is 5.51. The van der Waals surface area contributed by atoms with Crippen LogP contribution in [-0.2, 0) is 26.5 Å². The van der Waals surface area contributed by atoms with E-state index in [0.29, 0.717) is 25.9 Å². The fourth-order valence-electron chi connectivity index (χ4n) is 8.22. The molecule has 1 N–H and O–H groups in total. The van der Waals surface area contributed by atoms with Crippen molar-refractivity contribution in [2.45, 2.75) is 82.3 Å². The lowest BCUT2D eigenvalue weighted by Crippen LogP contribution is -2.51. The molecule has 2 amide bonds. The van der Waals surface area contributed by atoms with E-state index in [9.17, 15) is 14.7 Å². The quantitative estimate of drug-likeness (QED) is 0.304. The van der Waals surface area contributed by atoms with Gasteiger partial charge in [-0.25, -0.2) is 0 Å².